The Morgan fingerprint density at radius 2 is 1.89 bits per heavy atom. The number of aryl methyl sites for hydroxylation is 2. The Balaban J connectivity index is 3.31. The summed E-state index contributed by atoms with van der Waals surface area (Å²) in [6, 6.07) is 0. The number of hydrogen-bond acceptors (Lipinski definition) is 4. The van der Waals surface area contributed by atoms with Crippen LogP contribution in [0.3, 0.4) is 0 Å². The zero-order chi connectivity index (χ0) is 14.6. The number of carbonyl (C=O) groups excluding carboxylic acids is 1. The number of esters is 1. The van der Waals surface area contributed by atoms with Gasteiger partial charge in [-0.1, -0.05) is 6.92 Å². The predicted molar refractivity (Wildman–Crippen MR) is 71.7 cm³/mol. The van der Waals surface area contributed by atoms with E-state index < -0.39 is 16.0 Å². The first-order valence-electron chi connectivity index (χ1n) is 6.21. The summed E-state index contributed by atoms with van der Waals surface area (Å²) in [4.78, 5) is 14.7. The molecule has 0 spiro atoms. The Bertz CT molecular complexity index is 561. The fraction of sp³-hybridized carbons (Fsp3) is 0.583. The Kier molecular flexibility index (Phi) is 5.13. The van der Waals surface area contributed by atoms with E-state index in [9.17, 15) is 13.2 Å². The molecule has 2 N–H and O–H groups in total. The third-order valence-electron chi connectivity index (χ3n) is 2.61. The second-order valence-electron chi connectivity index (χ2n) is 4.20. The van der Waals surface area contributed by atoms with E-state index in [0.29, 0.717) is 24.4 Å². The molecule has 1 aromatic rings. The van der Waals surface area contributed by atoms with E-state index in [1.165, 1.54) is 0 Å². The fourth-order valence-corrected chi connectivity index (χ4v) is 3.43. The Hall–Kier alpha value is -1.34. The van der Waals surface area contributed by atoms with Crippen molar-refractivity contribution in [3.8, 4) is 0 Å². The summed E-state index contributed by atoms with van der Waals surface area (Å²) in [6.45, 7) is 7.34. The number of sulfonamides is 1. The van der Waals surface area contributed by atoms with Crippen LogP contribution in [0.15, 0.2) is 4.90 Å². The van der Waals surface area contributed by atoms with Crippen molar-refractivity contribution in [1.29, 1.82) is 0 Å². The molecule has 0 saturated heterocycles. The first-order chi connectivity index (χ1) is 8.85. The molecule has 1 aromatic heterocycles. The summed E-state index contributed by atoms with van der Waals surface area (Å²) in [5.74, 6) is -0.624. The van der Waals surface area contributed by atoms with Crippen LogP contribution in [0.2, 0.25) is 0 Å². The summed E-state index contributed by atoms with van der Waals surface area (Å²) < 4.78 is 31.8. The minimum Gasteiger partial charge on any atom is -0.462 e. The van der Waals surface area contributed by atoms with Gasteiger partial charge in [0.05, 0.1) is 6.61 Å². The van der Waals surface area contributed by atoms with Crippen LogP contribution in [-0.4, -0.2) is 32.5 Å². The zero-order valence-electron chi connectivity index (χ0n) is 11.7. The van der Waals surface area contributed by atoms with Crippen LogP contribution in [0.1, 0.15) is 42.0 Å². The molecule has 0 fully saturated rings. The molecule has 0 amide bonds. The van der Waals surface area contributed by atoms with Gasteiger partial charge in [0.2, 0.25) is 10.0 Å². The molecular weight excluding hydrogens is 268 g/mol. The molecule has 7 heteroatoms. The van der Waals surface area contributed by atoms with E-state index in [2.05, 4.69) is 9.71 Å². The molecule has 0 radical (unpaired) electrons. The van der Waals surface area contributed by atoms with Crippen LogP contribution in [0.4, 0.5) is 0 Å². The fourth-order valence-electron chi connectivity index (χ4n) is 1.85. The van der Waals surface area contributed by atoms with Crippen molar-refractivity contribution >= 4 is 16.0 Å². The van der Waals surface area contributed by atoms with E-state index in [1.807, 2.05) is 6.92 Å². The molecule has 0 aliphatic carbocycles. The Labute approximate surface area is 113 Å². The molecule has 0 unspecified atom stereocenters. The molecule has 0 aromatic carbocycles. The maximum Gasteiger partial charge on any atom is 0.341 e. The van der Waals surface area contributed by atoms with Crippen LogP contribution in [0.25, 0.3) is 0 Å². The maximum absolute atomic E-state index is 12.2. The number of rotatable bonds is 6. The van der Waals surface area contributed by atoms with E-state index in [0.717, 1.165) is 0 Å². The first kappa shape index (κ1) is 15.7. The monoisotopic (exact) mass is 288 g/mol. The molecule has 0 aliphatic rings. The lowest BCUT2D eigenvalue weighted by molar-refractivity contribution is 0.0521. The summed E-state index contributed by atoms with van der Waals surface area (Å²) >= 11 is 0. The number of nitrogens with one attached hydrogen (secondary N) is 2. The van der Waals surface area contributed by atoms with Gasteiger partial charge in [-0.3, -0.25) is 0 Å². The first-order valence-corrected chi connectivity index (χ1v) is 7.69. The van der Waals surface area contributed by atoms with E-state index >= 15 is 0 Å². The maximum atomic E-state index is 12.2. The number of carbonyl (C=O) groups is 1. The van der Waals surface area contributed by atoms with Gasteiger partial charge in [0.25, 0.3) is 0 Å². The number of ether oxygens (including phenoxy) is 1. The molecule has 6 nitrogen and oxygen atoms in total. The normalized spacial score (nSPS) is 11.6. The number of hydrogen-bond donors (Lipinski definition) is 2. The molecular formula is C12H20N2O4S. The molecule has 1 heterocycles. The second-order valence-corrected chi connectivity index (χ2v) is 5.90. The van der Waals surface area contributed by atoms with E-state index in [1.54, 1.807) is 20.8 Å². The average Bonchev–Trinajstić information content (AvgIpc) is 2.62. The summed E-state index contributed by atoms with van der Waals surface area (Å²) in [6.07, 6.45) is 0.677. The lowest BCUT2D eigenvalue weighted by Crippen LogP contribution is -2.26. The lowest BCUT2D eigenvalue weighted by Gasteiger charge is -2.08. The van der Waals surface area contributed by atoms with Crippen LogP contribution >= 0.6 is 0 Å². The number of aromatic nitrogens is 1. The van der Waals surface area contributed by atoms with Crippen molar-refractivity contribution in [2.45, 2.75) is 39.0 Å². The molecule has 0 bridgehead atoms. The van der Waals surface area contributed by atoms with Gasteiger partial charge in [-0.15, -0.1) is 0 Å². The topological polar surface area (TPSA) is 88.3 Å². The van der Waals surface area contributed by atoms with Crippen molar-refractivity contribution in [2.24, 2.45) is 0 Å². The van der Waals surface area contributed by atoms with Gasteiger partial charge in [-0.2, -0.15) is 0 Å². The van der Waals surface area contributed by atoms with E-state index in [-0.39, 0.29) is 17.1 Å². The van der Waals surface area contributed by atoms with Gasteiger partial charge in [-0.05, 0) is 27.2 Å². The van der Waals surface area contributed by atoms with Crippen LogP contribution in [0.5, 0.6) is 0 Å². The van der Waals surface area contributed by atoms with Gasteiger partial charge >= 0.3 is 5.97 Å². The predicted octanol–water partition coefficient (Wildman–Crippen LogP) is 1.50. The van der Waals surface area contributed by atoms with Crippen LogP contribution in [-0.2, 0) is 14.8 Å². The average molecular weight is 288 g/mol. The standard InChI is InChI=1S/C12H20N2O4S/c1-5-7-13-19(16,17)11-9(4)14-8(3)10(11)12(15)18-6-2/h13-14H,5-7H2,1-4H3. The Morgan fingerprint density at radius 3 is 2.42 bits per heavy atom. The molecule has 0 saturated carbocycles. The SMILES string of the molecule is CCCNS(=O)(=O)c1c(C)[nH]c(C)c1C(=O)OCC. The largest absolute Gasteiger partial charge is 0.462 e. The number of H-pyrrole nitrogens is 1. The number of aromatic amines is 1. The Morgan fingerprint density at radius 1 is 1.26 bits per heavy atom. The third-order valence-corrected chi connectivity index (χ3v) is 4.24. The van der Waals surface area contributed by atoms with Crippen molar-refractivity contribution < 1.29 is 17.9 Å². The van der Waals surface area contributed by atoms with Crippen LogP contribution in [0, 0.1) is 13.8 Å². The van der Waals surface area contributed by atoms with Gasteiger partial charge < -0.3 is 9.72 Å². The van der Waals surface area contributed by atoms with Gasteiger partial charge in [0.1, 0.15) is 10.5 Å². The molecule has 0 aliphatic heterocycles. The summed E-state index contributed by atoms with van der Waals surface area (Å²) in [7, 11) is -3.71. The highest BCUT2D eigenvalue weighted by atomic mass is 32.2. The highest BCUT2D eigenvalue weighted by Crippen LogP contribution is 2.24. The smallest absolute Gasteiger partial charge is 0.341 e. The van der Waals surface area contributed by atoms with Crippen LogP contribution < -0.4 is 4.72 Å². The van der Waals surface area contributed by atoms with Gasteiger partial charge in [0, 0.05) is 17.9 Å². The minimum absolute atomic E-state index is 0.0168. The minimum atomic E-state index is -3.71. The molecule has 19 heavy (non-hydrogen) atoms. The highest BCUT2D eigenvalue weighted by molar-refractivity contribution is 7.89. The quantitative estimate of drug-likeness (QED) is 0.776. The van der Waals surface area contributed by atoms with E-state index in [4.69, 9.17) is 4.74 Å². The molecule has 1 rings (SSSR count). The second kappa shape index (κ2) is 6.21. The molecule has 0 atom stereocenters. The van der Waals surface area contributed by atoms with Crippen molar-refractivity contribution in [2.75, 3.05) is 13.2 Å². The summed E-state index contributed by atoms with van der Waals surface area (Å²) in [5.41, 5.74) is 1.01. The van der Waals surface area contributed by atoms with Gasteiger partial charge in [-0.25, -0.2) is 17.9 Å². The zero-order valence-corrected chi connectivity index (χ0v) is 12.5. The third kappa shape index (κ3) is 3.36. The highest BCUT2D eigenvalue weighted by Gasteiger charge is 2.29. The summed E-state index contributed by atoms with van der Waals surface area (Å²) in [5, 5.41) is 0. The van der Waals surface area contributed by atoms with Crippen molar-refractivity contribution in [3.63, 3.8) is 0 Å². The van der Waals surface area contributed by atoms with Crippen molar-refractivity contribution in [1.82, 2.24) is 9.71 Å². The lowest BCUT2D eigenvalue weighted by atomic mass is 10.2. The van der Waals surface area contributed by atoms with Gasteiger partial charge in [0.15, 0.2) is 0 Å². The van der Waals surface area contributed by atoms with Crippen molar-refractivity contribution in [3.05, 3.63) is 17.0 Å². The molecule has 108 valence electrons.